The second-order valence-electron chi connectivity index (χ2n) is 25.5. The highest BCUT2D eigenvalue weighted by atomic mass is 31.2. The third-order valence-corrected chi connectivity index (χ3v) is 17.6. The minimum absolute atomic E-state index is 0.0603. The number of carbonyl (C=O) groups excluding carboxylic acids is 4. The molecule has 19 heteroatoms. The fourth-order valence-electron chi connectivity index (χ4n) is 9.75. The molecule has 0 aromatic carbocycles. The van der Waals surface area contributed by atoms with E-state index in [1.54, 1.807) is 0 Å². The standard InChI is InChI=1S/C85H138O17P2/c1-5-9-13-17-21-25-29-33-37-38-39-40-44-46-50-54-58-62-66-70-83(88)96-76-81(102-85(90)72-68-64-60-56-52-48-43-36-32-28-24-20-16-12-8-4)78-100-104(93,94)98-74-79(86)73-97-103(91,92)99-77-80(101-84(89)71-67-63-59-55-51-47-42-35-31-27-23-19-15-11-7-3)75-95-82(87)69-65-61-57-53-49-45-41-34-30-26-22-18-14-10-6-2/h9-10,12-14,16,21-28,33-37,39-43,46,49-50,53,79-81,86H,5-8,11,15,17-20,29-32,38,44-45,47-48,51-52,54-78H2,1-4H3,(H,91,92)(H,93,94)/b13-9-,14-10-,16-12-,25-21-,26-22-,27-23-,28-24-,37-33-,40-39-,41-34-,42-35-,43-36-,50-46-,53-49-. The topological polar surface area (TPSA) is 237 Å². The van der Waals surface area contributed by atoms with Crippen molar-refractivity contribution in [2.24, 2.45) is 0 Å². The molecule has 0 aliphatic heterocycles. The number of aliphatic hydroxyl groups excluding tert-OH is 1. The Labute approximate surface area is 629 Å². The molecule has 104 heavy (non-hydrogen) atoms. The summed E-state index contributed by atoms with van der Waals surface area (Å²) in [6.07, 6.45) is 89.1. The van der Waals surface area contributed by atoms with Crippen molar-refractivity contribution in [1.82, 2.24) is 0 Å². The van der Waals surface area contributed by atoms with Crippen LogP contribution in [0, 0.1) is 0 Å². The Morgan fingerprint density at radius 2 is 0.500 bits per heavy atom. The van der Waals surface area contributed by atoms with Crippen molar-refractivity contribution in [3.63, 3.8) is 0 Å². The van der Waals surface area contributed by atoms with Crippen LogP contribution in [0.5, 0.6) is 0 Å². The average molecular weight is 1490 g/mol. The van der Waals surface area contributed by atoms with E-state index in [-0.39, 0.29) is 25.7 Å². The van der Waals surface area contributed by atoms with E-state index in [0.717, 1.165) is 186 Å². The summed E-state index contributed by atoms with van der Waals surface area (Å²) in [7, 11) is -10.0. The minimum Gasteiger partial charge on any atom is -0.462 e. The number of hydrogen-bond donors (Lipinski definition) is 3. The highest BCUT2D eigenvalue weighted by Crippen LogP contribution is 2.45. The zero-order chi connectivity index (χ0) is 76.0. The van der Waals surface area contributed by atoms with Crippen molar-refractivity contribution in [3.05, 3.63) is 170 Å². The second-order valence-corrected chi connectivity index (χ2v) is 28.4. The lowest BCUT2D eigenvalue weighted by Crippen LogP contribution is -2.30. The summed E-state index contributed by atoms with van der Waals surface area (Å²) in [5.74, 6) is -2.31. The van der Waals surface area contributed by atoms with Crippen LogP contribution in [-0.4, -0.2) is 96.7 Å². The first kappa shape index (κ1) is 98.4. The Morgan fingerprint density at radius 3 is 0.798 bits per heavy atom. The van der Waals surface area contributed by atoms with Gasteiger partial charge in [-0.05, 0) is 173 Å². The van der Waals surface area contributed by atoms with Gasteiger partial charge < -0.3 is 33.8 Å². The SMILES string of the molecule is CC/C=C\C/C=C\C/C=C\C/C=C\C/C=C\CCCCCC(=O)OCC(COP(=O)(O)OCC(O)COP(=O)(O)OCC(COC(=O)CCCC/C=C\C/C=C\C/C=C\C/C=C\CC)OC(=O)CCCCCCC/C=C\C/C=C\CCCCC)OC(=O)CCCCCCC/C=C\C/C=C\C/C=C\CC. The van der Waals surface area contributed by atoms with E-state index in [2.05, 4.69) is 198 Å². The molecule has 590 valence electrons. The Balaban J connectivity index is 5.47. The molecule has 0 aromatic heterocycles. The molecule has 5 atom stereocenters. The van der Waals surface area contributed by atoms with E-state index in [9.17, 15) is 43.2 Å². The molecule has 0 saturated heterocycles. The van der Waals surface area contributed by atoms with Crippen LogP contribution < -0.4 is 0 Å². The molecule has 0 amide bonds. The zero-order valence-corrected chi connectivity index (χ0v) is 66.2. The predicted molar refractivity (Wildman–Crippen MR) is 426 cm³/mol. The van der Waals surface area contributed by atoms with Gasteiger partial charge in [0.15, 0.2) is 12.2 Å². The maximum atomic E-state index is 13.1. The molecule has 3 N–H and O–H groups in total. The average Bonchev–Trinajstić information content (AvgIpc) is 0.918. The molecular weight excluding hydrogens is 1350 g/mol. The molecule has 0 bridgehead atoms. The molecule has 0 rings (SSSR count). The van der Waals surface area contributed by atoms with E-state index in [1.165, 1.54) is 19.3 Å². The number of esters is 4. The second kappa shape index (κ2) is 75.6. The maximum Gasteiger partial charge on any atom is 0.472 e. The summed E-state index contributed by atoms with van der Waals surface area (Å²) in [6.45, 7) is 4.37. The van der Waals surface area contributed by atoms with E-state index in [4.69, 9.17) is 37.0 Å². The molecule has 0 heterocycles. The van der Waals surface area contributed by atoms with Crippen molar-refractivity contribution in [2.45, 2.75) is 303 Å². The van der Waals surface area contributed by atoms with Crippen LogP contribution in [0.3, 0.4) is 0 Å². The lowest BCUT2D eigenvalue weighted by Gasteiger charge is -2.21. The number of ether oxygens (including phenoxy) is 4. The zero-order valence-electron chi connectivity index (χ0n) is 64.4. The molecule has 17 nitrogen and oxygen atoms in total. The van der Waals surface area contributed by atoms with Gasteiger partial charge in [0.1, 0.15) is 19.3 Å². The Kier molecular flexibility index (Phi) is 71.6. The van der Waals surface area contributed by atoms with Crippen LogP contribution >= 0.6 is 15.6 Å². The third kappa shape index (κ3) is 74.7. The maximum absolute atomic E-state index is 13.1. The van der Waals surface area contributed by atoms with Gasteiger partial charge in [-0.3, -0.25) is 37.3 Å². The molecular formula is C85H138O17P2. The molecule has 0 aromatic rings. The smallest absolute Gasteiger partial charge is 0.462 e. The molecule has 0 spiro atoms. The number of hydrogen-bond acceptors (Lipinski definition) is 15. The summed E-state index contributed by atoms with van der Waals surface area (Å²) < 4.78 is 68.5. The van der Waals surface area contributed by atoms with Crippen LogP contribution in [0.2, 0.25) is 0 Å². The summed E-state index contributed by atoms with van der Waals surface area (Å²) >= 11 is 0. The van der Waals surface area contributed by atoms with Gasteiger partial charge in [-0.15, -0.1) is 0 Å². The number of allylic oxidation sites excluding steroid dienone is 28. The lowest BCUT2D eigenvalue weighted by atomic mass is 10.1. The molecule has 0 radical (unpaired) electrons. The fraction of sp³-hybridized carbons (Fsp3) is 0.624. The molecule has 0 fully saturated rings. The van der Waals surface area contributed by atoms with Crippen LogP contribution in [0.1, 0.15) is 285 Å². The van der Waals surface area contributed by atoms with E-state index >= 15 is 0 Å². The van der Waals surface area contributed by atoms with Gasteiger partial charge in [-0.25, -0.2) is 9.13 Å². The van der Waals surface area contributed by atoms with Crippen LogP contribution in [0.25, 0.3) is 0 Å². The van der Waals surface area contributed by atoms with Crippen molar-refractivity contribution in [3.8, 4) is 0 Å². The van der Waals surface area contributed by atoms with Gasteiger partial charge in [0.25, 0.3) is 0 Å². The molecule has 0 aliphatic rings. The lowest BCUT2D eigenvalue weighted by molar-refractivity contribution is -0.161. The van der Waals surface area contributed by atoms with Crippen molar-refractivity contribution in [2.75, 3.05) is 39.6 Å². The normalized spacial score (nSPS) is 14.8. The number of aliphatic hydroxyl groups is 1. The first-order valence-electron chi connectivity index (χ1n) is 39.4. The molecule has 0 saturated carbocycles. The third-order valence-electron chi connectivity index (χ3n) is 15.7. The van der Waals surface area contributed by atoms with Crippen LogP contribution in [0.15, 0.2) is 170 Å². The van der Waals surface area contributed by atoms with Crippen LogP contribution in [0.4, 0.5) is 0 Å². The monoisotopic (exact) mass is 1490 g/mol. The van der Waals surface area contributed by atoms with E-state index in [1.807, 2.05) is 0 Å². The highest BCUT2D eigenvalue weighted by molar-refractivity contribution is 7.47. The van der Waals surface area contributed by atoms with E-state index < -0.39 is 97.5 Å². The first-order chi connectivity index (χ1) is 50.7. The number of carbonyl (C=O) groups is 4. The van der Waals surface area contributed by atoms with Gasteiger partial charge in [0, 0.05) is 25.7 Å². The predicted octanol–water partition coefficient (Wildman–Crippen LogP) is 23.0. The Morgan fingerprint density at radius 1 is 0.279 bits per heavy atom. The van der Waals surface area contributed by atoms with Gasteiger partial charge in [-0.1, -0.05) is 256 Å². The molecule has 5 unspecified atom stereocenters. The minimum atomic E-state index is -5.00. The number of unbranched alkanes of at least 4 members (excludes halogenated alkanes) is 18. The summed E-state index contributed by atoms with van der Waals surface area (Å²) in [6, 6.07) is 0. The van der Waals surface area contributed by atoms with Crippen molar-refractivity contribution >= 4 is 39.5 Å². The number of rotatable bonds is 72. The Hall–Kier alpha value is -5.58. The van der Waals surface area contributed by atoms with Gasteiger partial charge in [0.2, 0.25) is 0 Å². The highest BCUT2D eigenvalue weighted by Gasteiger charge is 2.30. The summed E-state index contributed by atoms with van der Waals surface area (Å²) in [4.78, 5) is 73.0. The van der Waals surface area contributed by atoms with E-state index in [0.29, 0.717) is 25.7 Å². The summed E-state index contributed by atoms with van der Waals surface area (Å²) in [5.41, 5.74) is 0. The van der Waals surface area contributed by atoms with Gasteiger partial charge >= 0.3 is 39.5 Å². The summed E-state index contributed by atoms with van der Waals surface area (Å²) in [5, 5.41) is 10.6. The first-order valence-corrected chi connectivity index (χ1v) is 42.4. The largest absolute Gasteiger partial charge is 0.472 e. The Bertz CT molecular complexity index is 2640. The number of phosphoric acid groups is 2. The quantitative estimate of drug-likeness (QED) is 0.0169. The molecule has 0 aliphatic carbocycles. The van der Waals surface area contributed by atoms with Crippen molar-refractivity contribution < 1.29 is 80.2 Å². The van der Waals surface area contributed by atoms with Crippen LogP contribution in [-0.2, 0) is 65.4 Å². The van der Waals surface area contributed by atoms with Crippen molar-refractivity contribution in [1.29, 1.82) is 0 Å². The van der Waals surface area contributed by atoms with Gasteiger partial charge in [0.05, 0.1) is 26.4 Å². The number of phosphoric ester groups is 2. The fourth-order valence-corrected chi connectivity index (χ4v) is 11.3. The van der Waals surface area contributed by atoms with Gasteiger partial charge in [-0.2, -0.15) is 0 Å².